The zero-order chi connectivity index (χ0) is 12.1. The summed E-state index contributed by atoms with van der Waals surface area (Å²) in [7, 11) is 1.74. The van der Waals surface area contributed by atoms with Gasteiger partial charge in [0.15, 0.2) is 0 Å². The Bertz CT molecular complexity index is 339. The van der Waals surface area contributed by atoms with Crippen molar-refractivity contribution < 1.29 is 4.39 Å². The van der Waals surface area contributed by atoms with Gasteiger partial charge >= 0.3 is 0 Å². The van der Waals surface area contributed by atoms with Crippen molar-refractivity contribution >= 4 is 11.6 Å². The fraction of sp³-hybridized carbons (Fsp3) is 0.538. The lowest BCUT2D eigenvalue weighted by Crippen LogP contribution is -2.13. The van der Waals surface area contributed by atoms with Crippen LogP contribution in [0.5, 0.6) is 0 Å². The second-order valence-electron chi connectivity index (χ2n) is 4.47. The highest BCUT2D eigenvalue weighted by molar-refractivity contribution is 6.31. The highest BCUT2D eigenvalue weighted by atomic mass is 35.5. The Morgan fingerprint density at radius 1 is 1.38 bits per heavy atom. The van der Waals surface area contributed by atoms with Crippen LogP contribution in [0.4, 0.5) is 4.39 Å². The van der Waals surface area contributed by atoms with Crippen molar-refractivity contribution in [3.05, 3.63) is 34.3 Å². The second-order valence-corrected chi connectivity index (χ2v) is 4.88. The van der Waals surface area contributed by atoms with Gasteiger partial charge in [-0.1, -0.05) is 37.6 Å². The Hall–Kier alpha value is -0.600. The van der Waals surface area contributed by atoms with Gasteiger partial charge in [-0.2, -0.15) is 0 Å². The largest absolute Gasteiger partial charge is 0.317 e. The first-order chi connectivity index (χ1) is 7.54. The normalized spacial score (nSPS) is 13.1. The molecule has 1 N–H and O–H groups in total. The third-order valence-corrected chi connectivity index (χ3v) is 2.80. The minimum absolute atomic E-state index is 0.319. The summed E-state index contributed by atoms with van der Waals surface area (Å²) in [4.78, 5) is 0. The number of benzene rings is 1. The summed E-state index contributed by atoms with van der Waals surface area (Å²) in [5.74, 6) is 0.557. The number of alkyl halides is 1. The van der Waals surface area contributed by atoms with Gasteiger partial charge < -0.3 is 5.32 Å². The molecule has 16 heavy (non-hydrogen) atoms. The van der Waals surface area contributed by atoms with Crippen LogP contribution in [0.15, 0.2) is 18.2 Å². The van der Waals surface area contributed by atoms with Gasteiger partial charge in [-0.15, -0.1) is 0 Å². The lowest BCUT2D eigenvalue weighted by Gasteiger charge is -2.12. The molecule has 0 aliphatic heterocycles. The molecule has 1 aromatic carbocycles. The molecule has 1 nitrogen and oxygen atoms in total. The van der Waals surface area contributed by atoms with E-state index < -0.39 is 6.17 Å². The minimum atomic E-state index is -0.990. The smallest absolute Gasteiger partial charge is 0.138 e. The first-order valence-electron chi connectivity index (χ1n) is 5.61. The fourth-order valence-corrected chi connectivity index (χ4v) is 1.93. The fourth-order valence-electron chi connectivity index (χ4n) is 1.66. The maximum atomic E-state index is 13.6. The predicted molar refractivity (Wildman–Crippen MR) is 67.8 cm³/mol. The predicted octanol–water partition coefficient (Wildman–Crippen LogP) is 3.77. The van der Waals surface area contributed by atoms with Crippen LogP contribution < -0.4 is 5.32 Å². The van der Waals surface area contributed by atoms with Crippen LogP contribution in [-0.4, -0.2) is 13.6 Å². The molecule has 0 radical (unpaired) electrons. The van der Waals surface area contributed by atoms with E-state index in [4.69, 9.17) is 11.6 Å². The number of likely N-dealkylation sites (N-methyl/N-ethyl adjacent to an activating group) is 1. The van der Waals surface area contributed by atoms with Crippen molar-refractivity contribution in [1.29, 1.82) is 0 Å². The molecule has 0 aromatic heterocycles. The molecule has 0 heterocycles. The average molecular weight is 244 g/mol. The van der Waals surface area contributed by atoms with E-state index in [0.29, 0.717) is 23.0 Å². The van der Waals surface area contributed by atoms with Crippen molar-refractivity contribution in [1.82, 2.24) is 5.32 Å². The first-order valence-corrected chi connectivity index (χ1v) is 5.99. The Morgan fingerprint density at radius 3 is 2.56 bits per heavy atom. The molecule has 1 atom stereocenters. The van der Waals surface area contributed by atoms with E-state index in [1.54, 1.807) is 13.1 Å². The van der Waals surface area contributed by atoms with E-state index in [1.165, 1.54) is 0 Å². The lowest BCUT2D eigenvalue weighted by molar-refractivity contribution is 0.335. The van der Waals surface area contributed by atoms with Gasteiger partial charge in [0.25, 0.3) is 0 Å². The molecule has 0 amide bonds. The Balaban J connectivity index is 2.82. The van der Waals surface area contributed by atoms with Gasteiger partial charge in [0.05, 0.1) is 0 Å². The van der Waals surface area contributed by atoms with Gasteiger partial charge in [-0.25, -0.2) is 4.39 Å². The molecule has 0 aliphatic rings. The highest BCUT2D eigenvalue weighted by Crippen LogP contribution is 2.25. The molecule has 3 heteroatoms. The summed E-state index contributed by atoms with van der Waals surface area (Å²) >= 11 is 6.13. The SMILES string of the molecule is CNCC(F)c1ccc(CC(C)C)c(Cl)c1. The molecule has 0 saturated carbocycles. The monoisotopic (exact) mass is 243 g/mol. The molecule has 1 aromatic rings. The summed E-state index contributed by atoms with van der Waals surface area (Å²) in [6, 6.07) is 5.49. The first kappa shape index (κ1) is 13.5. The van der Waals surface area contributed by atoms with Gasteiger partial charge in [-0.05, 0) is 36.6 Å². The van der Waals surface area contributed by atoms with Gasteiger partial charge in [0, 0.05) is 11.6 Å². The molecular formula is C13H19ClFN. The standard InChI is InChI=1S/C13H19ClFN/c1-9(2)6-10-4-5-11(7-12(10)14)13(15)8-16-3/h4-5,7,9,13,16H,6,8H2,1-3H3. The van der Waals surface area contributed by atoms with Crippen LogP contribution in [0.1, 0.15) is 31.1 Å². The molecule has 0 fully saturated rings. The Kier molecular flexibility index (Phi) is 5.23. The summed E-state index contributed by atoms with van der Waals surface area (Å²) < 4.78 is 13.6. The molecule has 0 saturated heterocycles. The molecule has 0 aliphatic carbocycles. The van der Waals surface area contributed by atoms with Crippen molar-refractivity contribution in [2.75, 3.05) is 13.6 Å². The summed E-state index contributed by atoms with van der Waals surface area (Å²) in [5, 5.41) is 3.49. The number of halogens is 2. The number of hydrogen-bond acceptors (Lipinski definition) is 1. The van der Waals surface area contributed by atoms with Gasteiger partial charge in [0.2, 0.25) is 0 Å². The maximum absolute atomic E-state index is 13.6. The van der Waals surface area contributed by atoms with Gasteiger partial charge in [-0.3, -0.25) is 0 Å². The number of nitrogens with one attached hydrogen (secondary N) is 1. The third kappa shape index (κ3) is 3.76. The zero-order valence-electron chi connectivity index (χ0n) is 10.1. The molecule has 0 spiro atoms. The van der Waals surface area contributed by atoms with Gasteiger partial charge in [0.1, 0.15) is 6.17 Å². The van der Waals surface area contributed by atoms with E-state index in [-0.39, 0.29) is 0 Å². The number of rotatable bonds is 5. The van der Waals surface area contributed by atoms with E-state index in [1.807, 2.05) is 12.1 Å². The van der Waals surface area contributed by atoms with Crippen LogP contribution >= 0.6 is 11.6 Å². The minimum Gasteiger partial charge on any atom is -0.317 e. The van der Waals surface area contributed by atoms with Crippen molar-refractivity contribution in [2.45, 2.75) is 26.4 Å². The van der Waals surface area contributed by atoms with Crippen LogP contribution in [0.25, 0.3) is 0 Å². The van der Waals surface area contributed by atoms with Crippen LogP contribution in [-0.2, 0) is 6.42 Å². The lowest BCUT2D eigenvalue weighted by atomic mass is 10.0. The molecule has 90 valence electrons. The molecular weight excluding hydrogens is 225 g/mol. The zero-order valence-corrected chi connectivity index (χ0v) is 10.8. The van der Waals surface area contributed by atoms with Crippen molar-refractivity contribution in [3.8, 4) is 0 Å². The summed E-state index contributed by atoms with van der Waals surface area (Å²) in [6.07, 6.45) is -0.0576. The molecule has 1 rings (SSSR count). The van der Waals surface area contributed by atoms with Crippen LogP contribution in [0, 0.1) is 5.92 Å². The quantitative estimate of drug-likeness (QED) is 0.830. The van der Waals surface area contributed by atoms with Crippen LogP contribution in [0.3, 0.4) is 0 Å². The third-order valence-electron chi connectivity index (χ3n) is 2.45. The second kappa shape index (κ2) is 6.21. The molecule has 1 unspecified atom stereocenters. The summed E-state index contributed by atoms with van der Waals surface area (Å²) in [6.45, 7) is 4.60. The Labute approximate surface area is 102 Å². The van der Waals surface area contributed by atoms with Crippen molar-refractivity contribution in [3.63, 3.8) is 0 Å². The van der Waals surface area contributed by atoms with Crippen molar-refractivity contribution in [2.24, 2.45) is 5.92 Å². The topological polar surface area (TPSA) is 12.0 Å². The molecule has 0 bridgehead atoms. The maximum Gasteiger partial charge on any atom is 0.138 e. The average Bonchev–Trinajstić information content (AvgIpc) is 2.20. The van der Waals surface area contributed by atoms with Crippen LogP contribution in [0.2, 0.25) is 5.02 Å². The van der Waals surface area contributed by atoms with E-state index in [9.17, 15) is 4.39 Å². The highest BCUT2D eigenvalue weighted by Gasteiger charge is 2.11. The van der Waals surface area contributed by atoms with E-state index >= 15 is 0 Å². The van der Waals surface area contributed by atoms with E-state index in [2.05, 4.69) is 19.2 Å². The Morgan fingerprint density at radius 2 is 2.06 bits per heavy atom. The summed E-state index contributed by atoms with van der Waals surface area (Å²) in [5.41, 5.74) is 1.74. The number of hydrogen-bond donors (Lipinski definition) is 1. The van der Waals surface area contributed by atoms with E-state index in [0.717, 1.165) is 12.0 Å².